The second-order valence-electron chi connectivity index (χ2n) is 5.82. The van der Waals surface area contributed by atoms with Crippen molar-refractivity contribution in [2.45, 2.75) is 58.3 Å². The topological polar surface area (TPSA) is 82.1 Å². The number of carbonyl (C=O) groups excluding carboxylic acids is 3. The summed E-state index contributed by atoms with van der Waals surface area (Å²) in [6.07, 6.45) is -0.851. The molecule has 0 bridgehead atoms. The van der Waals surface area contributed by atoms with Gasteiger partial charge < -0.3 is 14.2 Å². The Morgan fingerprint density at radius 3 is 2.43 bits per heavy atom. The standard InChI is InChI=1S/C14H23NO6/c1-6-7-20-10-8-9(12(17)19-5)15(11(10)16)13(18)21-14(2,3)4/h9-10H,6-8H2,1-5H3. The zero-order valence-electron chi connectivity index (χ0n) is 13.2. The number of amides is 2. The molecule has 0 aromatic heterocycles. The first-order valence-electron chi connectivity index (χ1n) is 6.96. The highest BCUT2D eigenvalue weighted by molar-refractivity contribution is 6.01. The van der Waals surface area contributed by atoms with Gasteiger partial charge in [-0.1, -0.05) is 6.92 Å². The van der Waals surface area contributed by atoms with E-state index in [-0.39, 0.29) is 6.42 Å². The lowest BCUT2D eigenvalue weighted by atomic mass is 10.2. The van der Waals surface area contributed by atoms with Gasteiger partial charge in [0.25, 0.3) is 5.91 Å². The molecule has 2 atom stereocenters. The molecular weight excluding hydrogens is 278 g/mol. The number of hydrogen-bond acceptors (Lipinski definition) is 6. The molecule has 0 radical (unpaired) electrons. The predicted octanol–water partition coefficient (Wildman–Crippen LogP) is 1.49. The number of nitrogens with zero attached hydrogens (tertiary/aromatic N) is 1. The van der Waals surface area contributed by atoms with Crippen molar-refractivity contribution in [3.63, 3.8) is 0 Å². The molecule has 1 rings (SSSR count). The largest absolute Gasteiger partial charge is 0.467 e. The highest BCUT2D eigenvalue weighted by Crippen LogP contribution is 2.25. The smallest absolute Gasteiger partial charge is 0.417 e. The van der Waals surface area contributed by atoms with E-state index in [1.165, 1.54) is 7.11 Å². The van der Waals surface area contributed by atoms with Crippen LogP contribution in [0.3, 0.4) is 0 Å². The average Bonchev–Trinajstić information content (AvgIpc) is 2.70. The van der Waals surface area contributed by atoms with Crippen molar-refractivity contribution in [2.24, 2.45) is 0 Å². The number of likely N-dealkylation sites (tertiary alicyclic amines) is 1. The van der Waals surface area contributed by atoms with Gasteiger partial charge in [0.1, 0.15) is 17.7 Å². The lowest BCUT2D eigenvalue weighted by Gasteiger charge is -2.26. The highest BCUT2D eigenvalue weighted by Gasteiger charge is 2.49. The Labute approximate surface area is 124 Å². The van der Waals surface area contributed by atoms with Crippen LogP contribution >= 0.6 is 0 Å². The lowest BCUT2D eigenvalue weighted by Crippen LogP contribution is -2.46. The minimum absolute atomic E-state index is 0.0880. The van der Waals surface area contributed by atoms with Gasteiger partial charge in [0.2, 0.25) is 0 Å². The van der Waals surface area contributed by atoms with Crippen molar-refractivity contribution in [3.8, 4) is 0 Å². The first kappa shape index (κ1) is 17.4. The summed E-state index contributed by atoms with van der Waals surface area (Å²) in [4.78, 5) is 37.0. The number of methoxy groups -OCH3 is 1. The van der Waals surface area contributed by atoms with Crippen LogP contribution in [0.2, 0.25) is 0 Å². The maximum atomic E-state index is 12.3. The number of ether oxygens (including phenoxy) is 3. The van der Waals surface area contributed by atoms with Crippen molar-refractivity contribution < 1.29 is 28.6 Å². The molecule has 2 unspecified atom stereocenters. The van der Waals surface area contributed by atoms with Gasteiger partial charge >= 0.3 is 12.1 Å². The van der Waals surface area contributed by atoms with Crippen molar-refractivity contribution in [3.05, 3.63) is 0 Å². The fraction of sp³-hybridized carbons (Fsp3) is 0.786. The van der Waals surface area contributed by atoms with Crippen LogP contribution < -0.4 is 0 Å². The van der Waals surface area contributed by atoms with Crippen LogP contribution in [0.25, 0.3) is 0 Å². The molecule has 0 saturated carbocycles. The van der Waals surface area contributed by atoms with Crippen molar-refractivity contribution in [2.75, 3.05) is 13.7 Å². The number of carbonyl (C=O) groups is 3. The normalized spacial score (nSPS) is 22.3. The highest BCUT2D eigenvalue weighted by atomic mass is 16.6. The van der Waals surface area contributed by atoms with Crippen LogP contribution in [0, 0.1) is 0 Å². The molecular formula is C14H23NO6. The maximum Gasteiger partial charge on any atom is 0.417 e. The molecule has 1 saturated heterocycles. The Morgan fingerprint density at radius 1 is 1.33 bits per heavy atom. The second-order valence-corrected chi connectivity index (χ2v) is 5.82. The van der Waals surface area contributed by atoms with Crippen LogP contribution in [-0.2, 0) is 23.8 Å². The van der Waals surface area contributed by atoms with Gasteiger partial charge in [-0.15, -0.1) is 0 Å². The summed E-state index contributed by atoms with van der Waals surface area (Å²) in [5, 5.41) is 0. The average molecular weight is 301 g/mol. The molecule has 1 aliphatic heterocycles. The van der Waals surface area contributed by atoms with Crippen molar-refractivity contribution in [1.29, 1.82) is 0 Å². The fourth-order valence-electron chi connectivity index (χ4n) is 1.98. The van der Waals surface area contributed by atoms with Gasteiger partial charge in [-0.05, 0) is 27.2 Å². The van der Waals surface area contributed by atoms with Gasteiger partial charge in [0, 0.05) is 13.0 Å². The van der Waals surface area contributed by atoms with E-state index in [0.29, 0.717) is 6.61 Å². The van der Waals surface area contributed by atoms with Gasteiger partial charge in [-0.25, -0.2) is 14.5 Å². The zero-order chi connectivity index (χ0) is 16.2. The second kappa shape index (κ2) is 6.89. The Hall–Kier alpha value is -1.63. The van der Waals surface area contributed by atoms with E-state index in [0.717, 1.165) is 11.3 Å². The summed E-state index contributed by atoms with van der Waals surface area (Å²) in [6, 6.07) is -1.00. The lowest BCUT2D eigenvalue weighted by molar-refractivity contribution is -0.149. The molecule has 1 heterocycles. The molecule has 1 aliphatic rings. The molecule has 21 heavy (non-hydrogen) atoms. The Balaban J connectivity index is 2.92. The van der Waals surface area contributed by atoms with Crippen LogP contribution in [0.5, 0.6) is 0 Å². The van der Waals surface area contributed by atoms with Crippen LogP contribution in [0.15, 0.2) is 0 Å². The van der Waals surface area contributed by atoms with Crippen LogP contribution in [-0.4, -0.2) is 54.3 Å². The molecule has 0 aliphatic carbocycles. The molecule has 2 amide bonds. The van der Waals surface area contributed by atoms with Gasteiger partial charge in [0.05, 0.1) is 7.11 Å². The minimum atomic E-state index is -1.00. The van der Waals surface area contributed by atoms with E-state index in [1.807, 2.05) is 6.92 Å². The molecule has 1 fully saturated rings. The van der Waals surface area contributed by atoms with E-state index in [4.69, 9.17) is 9.47 Å². The first-order chi connectivity index (χ1) is 9.71. The predicted molar refractivity (Wildman–Crippen MR) is 73.5 cm³/mol. The monoisotopic (exact) mass is 301 g/mol. The van der Waals surface area contributed by atoms with E-state index in [1.54, 1.807) is 20.8 Å². The molecule has 7 nitrogen and oxygen atoms in total. The minimum Gasteiger partial charge on any atom is -0.467 e. The summed E-state index contributed by atoms with van der Waals surface area (Å²) in [6.45, 7) is 7.34. The molecule has 0 spiro atoms. The van der Waals surface area contributed by atoms with E-state index in [9.17, 15) is 14.4 Å². The summed E-state index contributed by atoms with van der Waals surface area (Å²) in [5.41, 5.74) is -0.763. The van der Waals surface area contributed by atoms with E-state index in [2.05, 4.69) is 4.74 Å². The summed E-state index contributed by atoms with van der Waals surface area (Å²) < 4.78 is 15.2. The quantitative estimate of drug-likeness (QED) is 0.732. The van der Waals surface area contributed by atoms with Gasteiger partial charge in [-0.3, -0.25) is 4.79 Å². The van der Waals surface area contributed by atoms with Gasteiger partial charge in [0.15, 0.2) is 0 Å². The molecule has 0 aromatic rings. The summed E-state index contributed by atoms with van der Waals surface area (Å²) in [7, 11) is 1.21. The van der Waals surface area contributed by atoms with Crippen molar-refractivity contribution in [1.82, 2.24) is 4.90 Å². The fourth-order valence-corrected chi connectivity index (χ4v) is 1.98. The summed E-state index contributed by atoms with van der Waals surface area (Å²) in [5.74, 6) is -1.22. The molecule has 120 valence electrons. The van der Waals surface area contributed by atoms with E-state index >= 15 is 0 Å². The van der Waals surface area contributed by atoms with Crippen LogP contribution in [0.1, 0.15) is 40.5 Å². The third-order valence-electron chi connectivity index (χ3n) is 2.85. The Kier molecular flexibility index (Phi) is 5.71. The number of hydrogen-bond donors (Lipinski definition) is 0. The SMILES string of the molecule is CCCOC1CC(C(=O)OC)N(C(=O)OC(C)(C)C)C1=O. The maximum absolute atomic E-state index is 12.3. The third-order valence-corrected chi connectivity index (χ3v) is 2.85. The molecule has 0 aromatic carbocycles. The van der Waals surface area contributed by atoms with Gasteiger partial charge in [-0.2, -0.15) is 0 Å². The summed E-state index contributed by atoms with van der Waals surface area (Å²) >= 11 is 0. The number of imide groups is 1. The zero-order valence-corrected chi connectivity index (χ0v) is 13.2. The number of rotatable bonds is 4. The first-order valence-corrected chi connectivity index (χ1v) is 6.96. The number of esters is 1. The Morgan fingerprint density at radius 2 is 1.95 bits per heavy atom. The molecule has 0 N–H and O–H groups in total. The Bertz CT molecular complexity index is 414. The van der Waals surface area contributed by atoms with Crippen LogP contribution in [0.4, 0.5) is 4.79 Å². The third kappa shape index (κ3) is 4.42. The molecule has 7 heteroatoms. The van der Waals surface area contributed by atoms with Crippen molar-refractivity contribution >= 4 is 18.0 Å². The van der Waals surface area contributed by atoms with E-state index < -0.39 is 35.7 Å².